The van der Waals surface area contributed by atoms with Crippen LogP contribution in [0.1, 0.15) is 47.5 Å². The average molecular weight is 935 g/mol. The fourth-order valence-electron chi connectivity index (χ4n) is 5.39. The molecule has 0 aliphatic rings. The van der Waals surface area contributed by atoms with E-state index >= 15 is 0 Å². The van der Waals surface area contributed by atoms with Gasteiger partial charge >= 0.3 is 0 Å². The summed E-state index contributed by atoms with van der Waals surface area (Å²) in [6, 6.07) is -2.67. The van der Waals surface area contributed by atoms with E-state index in [1.807, 2.05) is 6.92 Å². The second-order valence-electron chi connectivity index (χ2n) is 15.2. The van der Waals surface area contributed by atoms with Crippen molar-refractivity contribution < 1.29 is 97.9 Å². The number of amides is 4. The van der Waals surface area contributed by atoms with Gasteiger partial charge in [-0.2, -0.15) is 0 Å². The van der Waals surface area contributed by atoms with E-state index in [1.54, 1.807) is 0 Å². The molecule has 0 rings (SSSR count). The van der Waals surface area contributed by atoms with Crippen molar-refractivity contribution in [3.63, 3.8) is 0 Å². The molecule has 0 saturated carbocycles. The minimum Gasteiger partial charge on any atom is -0.396 e. The summed E-state index contributed by atoms with van der Waals surface area (Å²) >= 11 is 0. The molecule has 0 fully saturated rings. The summed E-state index contributed by atoms with van der Waals surface area (Å²) < 4.78 is 43.2. The lowest BCUT2D eigenvalue weighted by atomic mass is 9.95. The lowest BCUT2D eigenvalue weighted by Crippen LogP contribution is -2.56. The molecule has 24 heteroatoms. The molecule has 24 nitrogen and oxygen atoms in total. The average Bonchev–Trinajstić information content (AvgIpc) is 3.26. The molecule has 0 spiro atoms. The number of aliphatic hydroxyl groups is 8. The third-order valence-electron chi connectivity index (χ3n) is 9.20. The molecule has 0 radical (unpaired) electrons. The first-order chi connectivity index (χ1) is 30.5. The zero-order valence-corrected chi connectivity index (χ0v) is 38.0. The van der Waals surface area contributed by atoms with Gasteiger partial charge in [-0.25, -0.2) is 0 Å². The minimum absolute atomic E-state index is 0.0355. The Morgan fingerprint density at radius 3 is 1.11 bits per heavy atom. The molecule has 0 saturated heterocycles. The van der Waals surface area contributed by atoms with Crippen molar-refractivity contribution in [2.45, 2.75) is 96.5 Å². The smallest absolute Gasteiger partial charge is 0.222 e. The monoisotopic (exact) mass is 935 g/mol. The lowest BCUT2D eigenvalue weighted by molar-refractivity contribution is -0.169. The Morgan fingerprint density at radius 1 is 0.453 bits per heavy atom. The molecular weight excluding hydrogens is 856 g/mol. The Hall–Kier alpha value is -2.76. The molecule has 12 N–H and O–H groups in total. The highest BCUT2D eigenvalue weighted by molar-refractivity contribution is 5.76. The Labute approximate surface area is 375 Å². The largest absolute Gasteiger partial charge is 0.396 e. The van der Waals surface area contributed by atoms with Gasteiger partial charge in [0.05, 0.1) is 105 Å². The van der Waals surface area contributed by atoms with E-state index in [0.29, 0.717) is 13.2 Å². The number of aliphatic hydroxyl groups excluding tert-OH is 8. The number of rotatable bonds is 42. The van der Waals surface area contributed by atoms with Crippen LogP contribution in [0.2, 0.25) is 0 Å². The van der Waals surface area contributed by atoms with Crippen molar-refractivity contribution in [2.24, 2.45) is 17.8 Å². The molecule has 10 unspecified atom stereocenters. The van der Waals surface area contributed by atoms with Gasteiger partial charge in [-0.3, -0.25) is 19.2 Å². The minimum atomic E-state index is -1.65. The van der Waals surface area contributed by atoms with Crippen molar-refractivity contribution in [3.8, 4) is 0 Å². The van der Waals surface area contributed by atoms with Gasteiger partial charge in [-0.05, 0) is 0 Å². The molecule has 64 heavy (non-hydrogen) atoms. The van der Waals surface area contributed by atoms with Crippen molar-refractivity contribution >= 4 is 23.6 Å². The van der Waals surface area contributed by atoms with Gasteiger partial charge in [-0.15, -0.1) is 0 Å². The number of carbonyl (C=O) groups is 4. The van der Waals surface area contributed by atoms with Gasteiger partial charge in [0.1, 0.15) is 24.3 Å². The maximum absolute atomic E-state index is 12.1. The highest BCUT2D eigenvalue weighted by Gasteiger charge is 2.37. The van der Waals surface area contributed by atoms with Crippen molar-refractivity contribution in [1.82, 2.24) is 21.3 Å². The predicted molar refractivity (Wildman–Crippen MR) is 225 cm³/mol. The molecule has 0 bridgehead atoms. The van der Waals surface area contributed by atoms with E-state index in [4.69, 9.17) is 37.9 Å². The van der Waals surface area contributed by atoms with Gasteiger partial charge in [-0.1, -0.05) is 20.8 Å². The molecule has 0 aliphatic carbocycles. The molecule has 11 atom stereocenters. The van der Waals surface area contributed by atoms with Crippen LogP contribution in [-0.4, -0.2) is 232 Å². The third kappa shape index (κ3) is 30.4. The molecule has 0 aromatic heterocycles. The topological polar surface area (TPSA) is 352 Å². The molecule has 378 valence electrons. The van der Waals surface area contributed by atoms with Crippen molar-refractivity contribution in [1.29, 1.82) is 0 Å². The first kappa shape index (κ1) is 61.2. The number of hydrogen-bond acceptors (Lipinski definition) is 20. The van der Waals surface area contributed by atoms with Gasteiger partial charge in [0.15, 0.2) is 12.6 Å². The van der Waals surface area contributed by atoms with Crippen LogP contribution in [0.15, 0.2) is 0 Å². The van der Waals surface area contributed by atoms with E-state index in [9.17, 15) is 60.0 Å². The maximum Gasteiger partial charge on any atom is 0.222 e. The number of nitrogens with one attached hydrogen (secondary N) is 4. The fourth-order valence-corrected chi connectivity index (χ4v) is 5.39. The Bertz CT molecular complexity index is 1130. The number of hydrogen-bond donors (Lipinski definition) is 12. The highest BCUT2D eigenvalue weighted by atomic mass is 16.6. The van der Waals surface area contributed by atoms with E-state index in [2.05, 4.69) is 21.3 Å². The maximum atomic E-state index is 12.1. The van der Waals surface area contributed by atoms with E-state index in [-0.39, 0.29) is 123 Å². The van der Waals surface area contributed by atoms with Crippen LogP contribution in [0.25, 0.3) is 0 Å². The zero-order valence-electron chi connectivity index (χ0n) is 38.0. The van der Waals surface area contributed by atoms with Crippen LogP contribution in [0.4, 0.5) is 0 Å². The Kier molecular flexibility index (Phi) is 36.7. The van der Waals surface area contributed by atoms with Gasteiger partial charge in [0, 0.05) is 70.7 Å². The zero-order chi connectivity index (χ0) is 48.3. The van der Waals surface area contributed by atoms with Crippen LogP contribution in [-0.2, 0) is 57.1 Å². The normalized spacial score (nSPS) is 16.9. The summed E-state index contributed by atoms with van der Waals surface area (Å²) in [5, 5.41) is 90.1. The lowest BCUT2D eigenvalue weighted by Gasteiger charge is -2.32. The van der Waals surface area contributed by atoms with Crippen LogP contribution in [0.5, 0.6) is 0 Å². The molecule has 0 aliphatic heterocycles. The first-order valence-corrected chi connectivity index (χ1v) is 21.5. The molecule has 4 amide bonds. The van der Waals surface area contributed by atoms with Crippen LogP contribution >= 0.6 is 0 Å². The highest BCUT2D eigenvalue weighted by Crippen LogP contribution is 2.15. The fraction of sp³-hybridized carbons (Fsp3) is 0.900. The van der Waals surface area contributed by atoms with Gasteiger partial charge in [0.2, 0.25) is 23.6 Å². The molecule has 0 heterocycles. The number of ether oxygens (including phenoxy) is 8. The molecule has 0 aromatic rings. The van der Waals surface area contributed by atoms with E-state index < -0.39 is 85.9 Å². The van der Waals surface area contributed by atoms with Crippen LogP contribution < -0.4 is 21.3 Å². The first-order valence-electron chi connectivity index (χ1n) is 21.5. The standard InChI is InChI=1S/C40H78N4O20/c1-26(24-61-10-6-31(49)41-8-12-57-14-16-59-18-20-63-39(55)33(43-29(4)47)37(53)35(51)27(2)22-45)25-62-11-7-32(50)42-9-13-58-15-17-60-19-21-64-40(56)34(44-30(5)48)38(54)36(52)28(3)23-46/h26-28,33-40,45-46,51-56H,6-25H2,1-5H3,(H,41,49)(H,42,50)(H,43,47)(H,44,48)/t26?,27?,28?,33?,34?,35?,36?,37?,38?,39-,40?/m0/s1. The summed E-state index contributed by atoms with van der Waals surface area (Å²) in [7, 11) is 0. The van der Waals surface area contributed by atoms with Crippen molar-refractivity contribution in [3.05, 3.63) is 0 Å². The van der Waals surface area contributed by atoms with E-state index in [1.165, 1.54) is 27.7 Å². The summed E-state index contributed by atoms with van der Waals surface area (Å²) in [6.07, 6.45) is -9.00. The number of carbonyl (C=O) groups excluding carboxylic acids is 4. The molecule has 0 aromatic carbocycles. The third-order valence-corrected chi connectivity index (χ3v) is 9.20. The summed E-state index contributed by atoms with van der Waals surface area (Å²) in [5.41, 5.74) is 0. The van der Waals surface area contributed by atoms with Gasteiger partial charge < -0.3 is 100 Å². The predicted octanol–water partition coefficient (Wildman–Crippen LogP) is -4.89. The van der Waals surface area contributed by atoms with Gasteiger partial charge in [0.25, 0.3) is 0 Å². The second kappa shape index (κ2) is 38.4. The SMILES string of the molecule is CC(=O)NC(C(O)OCCOCCOCCNC(=O)CCOCC(C)COCCC(=O)NCCOCCOCCO[C@H](O)C(NC(C)=O)C(O)C(O)C(C)CO)C(O)C(O)C(C)CO. The Morgan fingerprint density at radius 2 is 0.781 bits per heavy atom. The van der Waals surface area contributed by atoms with Crippen molar-refractivity contribution in [2.75, 3.05) is 119 Å². The second-order valence-corrected chi connectivity index (χ2v) is 15.2. The summed E-state index contributed by atoms with van der Waals surface area (Å²) in [6.45, 7) is 9.51. The molecular formula is C40H78N4O20. The Balaban J connectivity index is 3.82. The quantitative estimate of drug-likeness (QED) is 0.0202. The van der Waals surface area contributed by atoms with E-state index in [0.717, 1.165) is 0 Å². The summed E-state index contributed by atoms with van der Waals surface area (Å²) in [4.78, 5) is 47.1. The summed E-state index contributed by atoms with van der Waals surface area (Å²) in [5.74, 6) is -2.90. The van der Waals surface area contributed by atoms with Crippen LogP contribution in [0, 0.1) is 17.8 Å². The van der Waals surface area contributed by atoms with Crippen LogP contribution in [0.3, 0.4) is 0 Å².